The number of methoxy groups -OCH3 is 1. The molecule has 0 radical (unpaired) electrons. The zero-order valence-electron chi connectivity index (χ0n) is 24.0. The number of nitrogens with zero attached hydrogens (tertiary/aromatic N) is 3. The molecule has 0 saturated carbocycles. The lowest BCUT2D eigenvalue weighted by molar-refractivity contribution is -0.0595. The molecule has 1 aromatic heterocycles. The van der Waals surface area contributed by atoms with Crippen molar-refractivity contribution >= 4 is 26.8 Å². The highest BCUT2D eigenvalue weighted by molar-refractivity contribution is 7.90. The molecule has 0 aromatic carbocycles. The third kappa shape index (κ3) is 5.76. The van der Waals surface area contributed by atoms with Gasteiger partial charge in [-0.25, -0.2) is 8.86 Å². The Hall–Kier alpha value is -1.14. The lowest BCUT2D eigenvalue weighted by atomic mass is 9.89. The Kier molecular flexibility index (Phi) is 8.06. The summed E-state index contributed by atoms with van der Waals surface area (Å²) in [4.78, 5) is 0. The summed E-state index contributed by atoms with van der Waals surface area (Å²) in [7, 11) is -7.24. The molecule has 14 heteroatoms. The molecule has 0 bridgehead atoms. The van der Waals surface area contributed by atoms with Gasteiger partial charge in [-0.05, 0) is 36.3 Å². The van der Waals surface area contributed by atoms with Gasteiger partial charge in [-0.1, -0.05) is 46.8 Å². The first-order valence-corrected chi connectivity index (χ1v) is 19.8. The molecule has 1 aromatic rings. The first-order chi connectivity index (χ1) is 16.7. The van der Waals surface area contributed by atoms with Crippen LogP contribution in [-0.2, 0) is 39.2 Å². The number of nitrogens with two attached hydrogens (primary N) is 1. The quantitative estimate of drug-likeness (QED) is 0.361. The normalized spacial score (nSPS) is 28.7. The van der Waals surface area contributed by atoms with Crippen LogP contribution in [0.15, 0.2) is 17.3 Å². The highest BCUT2D eigenvalue weighted by Gasteiger charge is 2.67. The predicted molar refractivity (Wildman–Crippen MR) is 145 cm³/mol. The van der Waals surface area contributed by atoms with E-state index < -0.39 is 50.8 Å². The lowest BCUT2D eigenvalue weighted by Gasteiger charge is -2.43. The van der Waals surface area contributed by atoms with Crippen molar-refractivity contribution in [1.29, 1.82) is 0 Å². The van der Waals surface area contributed by atoms with Gasteiger partial charge >= 0.3 is 0 Å². The summed E-state index contributed by atoms with van der Waals surface area (Å²) < 4.78 is 58.0. The largest absolute Gasteiger partial charge is 0.414 e. The van der Waals surface area contributed by atoms with Gasteiger partial charge in [0, 0.05) is 7.11 Å². The second kappa shape index (κ2) is 9.80. The minimum Gasteiger partial charge on any atom is -0.414 e. The number of hydrogen-bond donors (Lipinski definition) is 1. The van der Waals surface area contributed by atoms with Gasteiger partial charge in [-0.2, -0.15) is 8.42 Å². The first-order valence-electron chi connectivity index (χ1n) is 12.5. The van der Waals surface area contributed by atoms with E-state index in [0.717, 1.165) is 5.41 Å². The van der Waals surface area contributed by atoms with Crippen molar-refractivity contribution < 1.29 is 30.9 Å². The Morgan fingerprint density at radius 2 is 1.70 bits per heavy atom. The average molecular weight is 577 g/mol. The maximum atomic E-state index is 12.8. The number of ether oxygens (including phenoxy) is 2. The van der Waals surface area contributed by atoms with Crippen LogP contribution in [0.3, 0.4) is 0 Å². The molecular formula is C23H44N4O7SSi2. The second-order valence-corrected chi connectivity index (χ2v) is 23.9. The smallest absolute Gasteiger partial charge is 0.292 e. The number of hydrogen-bond acceptors (Lipinski definition) is 10. The van der Waals surface area contributed by atoms with Gasteiger partial charge < -0.3 is 24.1 Å². The van der Waals surface area contributed by atoms with E-state index in [2.05, 4.69) is 78.0 Å². The molecular weight excluding hydrogens is 533 g/mol. The van der Waals surface area contributed by atoms with Gasteiger partial charge in [-0.3, -0.25) is 0 Å². The Bertz CT molecular complexity index is 1120. The van der Waals surface area contributed by atoms with Crippen molar-refractivity contribution in [1.82, 2.24) is 15.0 Å². The van der Waals surface area contributed by atoms with Crippen LogP contribution in [0.2, 0.25) is 36.3 Å². The molecule has 1 fully saturated rings. The van der Waals surface area contributed by atoms with E-state index in [1.807, 2.05) is 0 Å². The van der Waals surface area contributed by atoms with E-state index >= 15 is 0 Å². The molecule has 2 N–H and O–H groups in total. The molecule has 4 unspecified atom stereocenters. The standard InChI is InChI=1S/C23H44N4O7SSi2/c1-21(2,3)36(8,9)31-14-18-23(17(24)15-35(28,29)34-23)19(33-37(10,11)22(4,5)6)20(32-18)27-12-16(13-30-7)25-26-27/h12,15,18-20H,13-14,24H2,1-11H3. The fraction of sp³-hybridized carbons (Fsp3) is 0.826. The predicted octanol–water partition coefficient (Wildman–Crippen LogP) is 3.63. The van der Waals surface area contributed by atoms with Gasteiger partial charge in [0.05, 0.1) is 30.5 Å². The van der Waals surface area contributed by atoms with Crippen molar-refractivity contribution in [3.05, 3.63) is 23.0 Å². The van der Waals surface area contributed by atoms with Gasteiger partial charge in [0.25, 0.3) is 10.1 Å². The zero-order valence-corrected chi connectivity index (χ0v) is 26.8. The van der Waals surface area contributed by atoms with E-state index in [4.69, 9.17) is 28.2 Å². The fourth-order valence-electron chi connectivity index (χ4n) is 3.86. The Morgan fingerprint density at radius 1 is 1.11 bits per heavy atom. The van der Waals surface area contributed by atoms with Crippen LogP contribution >= 0.6 is 0 Å². The topological polar surface area (TPSA) is 137 Å². The molecule has 4 atom stereocenters. The molecule has 1 spiro atoms. The van der Waals surface area contributed by atoms with Crippen molar-refractivity contribution in [2.45, 2.75) is 108 Å². The van der Waals surface area contributed by atoms with Gasteiger partial charge in [0.1, 0.15) is 17.9 Å². The van der Waals surface area contributed by atoms with Gasteiger partial charge in [-0.15, -0.1) is 5.10 Å². The summed E-state index contributed by atoms with van der Waals surface area (Å²) in [5.74, 6) is 0. The van der Waals surface area contributed by atoms with E-state index in [9.17, 15) is 8.42 Å². The molecule has 11 nitrogen and oxygen atoms in total. The summed E-state index contributed by atoms with van der Waals surface area (Å²) in [6.07, 6.45) is -0.956. The lowest BCUT2D eigenvalue weighted by Crippen LogP contribution is -2.59. The molecule has 2 aliphatic heterocycles. The number of aromatic nitrogens is 3. The van der Waals surface area contributed by atoms with Crippen LogP contribution in [0.25, 0.3) is 0 Å². The summed E-state index contributed by atoms with van der Waals surface area (Å²) in [6, 6.07) is 0. The molecule has 37 heavy (non-hydrogen) atoms. The fourth-order valence-corrected chi connectivity index (χ4v) is 7.36. The SMILES string of the molecule is COCc1cn(C2OC(CO[Si](C)(C)C(C)(C)C)C3(OS(=O)(=O)C=C3N)C2O[Si](C)(C)C(C)(C)C)nn1. The van der Waals surface area contributed by atoms with E-state index in [1.165, 1.54) is 4.68 Å². The van der Waals surface area contributed by atoms with Crippen LogP contribution in [0, 0.1) is 0 Å². The Balaban J connectivity index is 2.13. The number of rotatable bonds is 8. The molecule has 1 saturated heterocycles. The minimum atomic E-state index is -4.08. The van der Waals surface area contributed by atoms with Crippen molar-refractivity contribution in [3.8, 4) is 0 Å². The van der Waals surface area contributed by atoms with Crippen molar-refractivity contribution in [2.75, 3.05) is 13.7 Å². The first kappa shape index (κ1) is 30.4. The van der Waals surface area contributed by atoms with Crippen LogP contribution in [0.4, 0.5) is 0 Å². The maximum absolute atomic E-state index is 12.8. The molecule has 0 amide bonds. The van der Waals surface area contributed by atoms with E-state index in [-0.39, 0.29) is 29.0 Å². The molecule has 212 valence electrons. The Morgan fingerprint density at radius 3 is 2.19 bits per heavy atom. The van der Waals surface area contributed by atoms with Gasteiger partial charge in [0.2, 0.25) is 0 Å². The summed E-state index contributed by atoms with van der Waals surface area (Å²) in [5, 5.41) is 9.13. The molecule has 2 aliphatic rings. The summed E-state index contributed by atoms with van der Waals surface area (Å²) in [5.41, 5.74) is 5.49. The van der Waals surface area contributed by atoms with E-state index in [1.54, 1.807) is 13.3 Å². The molecule has 3 heterocycles. The third-order valence-electron chi connectivity index (χ3n) is 8.18. The highest BCUT2D eigenvalue weighted by Crippen LogP contribution is 2.52. The van der Waals surface area contributed by atoms with Crippen molar-refractivity contribution in [2.24, 2.45) is 5.73 Å². The van der Waals surface area contributed by atoms with Gasteiger partial charge in [0.15, 0.2) is 28.5 Å². The van der Waals surface area contributed by atoms with Crippen molar-refractivity contribution in [3.63, 3.8) is 0 Å². The highest BCUT2D eigenvalue weighted by atomic mass is 32.2. The summed E-state index contributed by atoms with van der Waals surface area (Å²) in [6.45, 7) is 21.5. The van der Waals surface area contributed by atoms with Crippen LogP contribution in [-0.4, -0.2) is 71.6 Å². The molecule has 3 rings (SSSR count). The zero-order chi connectivity index (χ0) is 28.2. The third-order valence-corrected chi connectivity index (χ3v) is 18.2. The van der Waals surface area contributed by atoms with Crippen LogP contribution in [0.1, 0.15) is 53.5 Å². The second-order valence-electron chi connectivity index (χ2n) is 13.0. The van der Waals surface area contributed by atoms with E-state index in [0.29, 0.717) is 5.69 Å². The summed E-state index contributed by atoms with van der Waals surface area (Å²) >= 11 is 0. The average Bonchev–Trinajstić information content (AvgIpc) is 3.35. The molecule has 0 aliphatic carbocycles. The van der Waals surface area contributed by atoms with Crippen LogP contribution in [0.5, 0.6) is 0 Å². The Labute approximate surface area is 223 Å². The maximum Gasteiger partial charge on any atom is 0.292 e. The minimum absolute atomic E-state index is 0.0276. The monoisotopic (exact) mass is 576 g/mol. The van der Waals surface area contributed by atoms with Crippen LogP contribution < -0.4 is 5.73 Å².